The standard InChI is InChI=1S/C32H37F2N5O3/c33-32(34)17-23(18-32)28(40)39(24-3-1-2-22(16-24)27-35-25(37-41-27)14-20-4-5-20)19-30-8-11-31(12-9-30,13-10-30)29-36-26(38-42-29)15-21-6-7-21/h1-3,16,20-21,23H,4-15,17-19H2. The lowest BCUT2D eigenvalue weighted by atomic mass is 9.53. The van der Waals surface area contributed by atoms with Gasteiger partial charge < -0.3 is 13.9 Å². The van der Waals surface area contributed by atoms with Crippen LogP contribution < -0.4 is 4.90 Å². The van der Waals surface area contributed by atoms with Gasteiger partial charge in [-0.25, -0.2) is 8.78 Å². The van der Waals surface area contributed by atoms with Crippen molar-refractivity contribution in [3.8, 4) is 11.5 Å². The molecule has 9 rings (SSSR count). The molecule has 10 heteroatoms. The molecule has 8 nitrogen and oxygen atoms in total. The van der Waals surface area contributed by atoms with E-state index >= 15 is 0 Å². The van der Waals surface area contributed by atoms with Gasteiger partial charge in [0.15, 0.2) is 11.6 Å². The van der Waals surface area contributed by atoms with Crippen LogP contribution in [0.25, 0.3) is 11.5 Å². The van der Waals surface area contributed by atoms with Gasteiger partial charge in [0.1, 0.15) is 0 Å². The van der Waals surface area contributed by atoms with E-state index < -0.39 is 11.8 Å². The molecule has 0 aliphatic heterocycles. The van der Waals surface area contributed by atoms with Gasteiger partial charge in [-0.3, -0.25) is 4.79 Å². The number of anilines is 1. The Morgan fingerprint density at radius 1 is 0.881 bits per heavy atom. The fourth-order valence-corrected chi connectivity index (χ4v) is 7.48. The highest BCUT2D eigenvalue weighted by Gasteiger charge is 2.55. The third-order valence-corrected chi connectivity index (χ3v) is 10.7. The first-order chi connectivity index (χ1) is 20.3. The molecule has 0 radical (unpaired) electrons. The molecule has 222 valence electrons. The monoisotopic (exact) mass is 577 g/mol. The van der Waals surface area contributed by atoms with Crippen LogP contribution in [-0.2, 0) is 23.1 Å². The number of carbonyl (C=O) groups is 1. The molecule has 6 fully saturated rings. The molecule has 0 spiro atoms. The Morgan fingerprint density at radius 3 is 2.17 bits per heavy atom. The maximum absolute atomic E-state index is 13.9. The van der Waals surface area contributed by atoms with Gasteiger partial charge in [0.2, 0.25) is 17.7 Å². The number of rotatable bonds is 10. The fourth-order valence-electron chi connectivity index (χ4n) is 7.48. The van der Waals surface area contributed by atoms with Gasteiger partial charge in [0, 0.05) is 54.8 Å². The van der Waals surface area contributed by atoms with Crippen LogP contribution in [0.15, 0.2) is 33.3 Å². The van der Waals surface area contributed by atoms with Crippen molar-refractivity contribution in [1.82, 2.24) is 20.3 Å². The smallest absolute Gasteiger partial charge is 0.257 e. The lowest BCUT2D eigenvalue weighted by Crippen LogP contribution is -2.53. The Labute approximate surface area is 243 Å². The molecule has 42 heavy (non-hydrogen) atoms. The van der Waals surface area contributed by atoms with E-state index in [-0.39, 0.29) is 29.6 Å². The van der Waals surface area contributed by atoms with Crippen molar-refractivity contribution in [2.24, 2.45) is 23.2 Å². The molecule has 0 saturated heterocycles. The zero-order valence-corrected chi connectivity index (χ0v) is 23.9. The molecule has 6 aliphatic rings. The van der Waals surface area contributed by atoms with Crippen molar-refractivity contribution in [3.05, 3.63) is 41.8 Å². The van der Waals surface area contributed by atoms with Gasteiger partial charge in [0.05, 0.1) is 0 Å². The van der Waals surface area contributed by atoms with Crippen molar-refractivity contribution in [2.75, 3.05) is 11.4 Å². The summed E-state index contributed by atoms with van der Waals surface area (Å²) in [5.41, 5.74) is 1.28. The number of halogens is 2. The average molecular weight is 578 g/mol. The molecule has 0 N–H and O–H groups in total. The lowest BCUT2D eigenvalue weighted by molar-refractivity contribution is -0.148. The summed E-state index contributed by atoms with van der Waals surface area (Å²) in [6.45, 7) is 0.515. The normalized spacial score (nSPS) is 28.5. The number of amides is 1. The van der Waals surface area contributed by atoms with E-state index in [0.717, 1.165) is 68.6 Å². The molecule has 0 atom stereocenters. The van der Waals surface area contributed by atoms with Crippen molar-refractivity contribution in [1.29, 1.82) is 0 Å². The highest BCUT2D eigenvalue weighted by atomic mass is 19.3. The average Bonchev–Trinajstić information content (AvgIpc) is 3.88. The van der Waals surface area contributed by atoms with Crippen LogP contribution in [0.3, 0.4) is 0 Å². The molecule has 1 amide bonds. The molecule has 2 heterocycles. The van der Waals surface area contributed by atoms with Gasteiger partial charge >= 0.3 is 0 Å². The number of alkyl halides is 2. The summed E-state index contributed by atoms with van der Waals surface area (Å²) in [7, 11) is 0. The second kappa shape index (κ2) is 9.67. The number of hydrogen-bond donors (Lipinski definition) is 0. The minimum absolute atomic E-state index is 0.0710. The minimum Gasteiger partial charge on any atom is -0.339 e. The summed E-state index contributed by atoms with van der Waals surface area (Å²) in [4.78, 5) is 25.0. The zero-order chi connectivity index (χ0) is 28.5. The number of carbonyl (C=O) groups excluding carboxylic acids is 1. The second-order valence-electron chi connectivity index (χ2n) is 14.0. The van der Waals surface area contributed by atoms with E-state index in [1.54, 1.807) is 4.90 Å². The van der Waals surface area contributed by atoms with Gasteiger partial charge in [-0.05, 0) is 99.7 Å². The molecule has 1 aromatic carbocycles. The second-order valence-corrected chi connectivity index (χ2v) is 14.0. The van der Waals surface area contributed by atoms with Gasteiger partial charge in [-0.15, -0.1) is 0 Å². The summed E-state index contributed by atoms with van der Waals surface area (Å²) in [5.74, 6) is 0.461. The molecule has 6 aliphatic carbocycles. The van der Waals surface area contributed by atoms with Crippen LogP contribution in [0.1, 0.15) is 94.6 Å². The summed E-state index contributed by atoms with van der Waals surface area (Å²) in [6.07, 6.45) is 11.5. The van der Waals surface area contributed by atoms with E-state index in [4.69, 9.17) is 14.0 Å². The molecular weight excluding hydrogens is 540 g/mol. The third kappa shape index (κ3) is 5.04. The number of aromatic nitrogens is 4. The van der Waals surface area contributed by atoms with Crippen molar-refractivity contribution in [3.63, 3.8) is 0 Å². The molecule has 3 aromatic rings. The highest BCUT2D eigenvalue weighted by molar-refractivity contribution is 5.96. The Bertz CT molecular complexity index is 1460. The third-order valence-electron chi connectivity index (χ3n) is 10.7. The summed E-state index contributed by atoms with van der Waals surface area (Å²) in [6, 6.07) is 7.57. The Hall–Kier alpha value is -3.17. The summed E-state index contributed by atoms with van der Waals surface area (Å²) in [5, 5.41) is 8.45. The van der Waals surface area contributed by atoms with E-state index in [1.807, 2.05) is 24.3 Å². The van der Waals surface area contributed by atoms with E-state index in [0.29, 0.717) is 35.8 Å². The molecule has 0 unspecified atom stereocenters. The van der Waals surface area contributed by atoms with E-state index in [1.165, 1.54) is 25.7 Å². The molecule has 2 bridgehead atoms. The van der Waals surface area contributed by atoms with Crippen LogP contribution in [0.4, 0.5) is 14.5 Å². The van der Waals surface area contributed by atoms with Crippen molar-refractivity contribution < 1.29 is 22.6 Å². The van der Waals surface area contributed by atoms with Gasteiger partial charge in [0.25, 0.3) is 5.89 Å². The maximum atomic E-state index is 13.9. The van der Waals surface area contributed by atoms with Crippen LogP contribution in [0.2, 0.25) is 0 Å². The van der Waals surface area contributed by atoms with Crippen molar-refractivity contribution in [2.45, 2.75) is 101 Å². The van der Waals surface area contributed by atoms with Crippen LogP contribution in [0.5, 0.6) is 0 Å². The number of fused-ring (bicyclic) bond motifs is 3. The SMILES string of the molecule is O=C(C1CC(F)(F)C1)N(CC12CCC(c3nc(CC4CC4)no3)(CC1)CC2)c1cccc(-c2nc(CC3CC3)no2)c1. The lowest BCUT2D eigenvalue weighted by Gasteiger charge is -2.53. The largest absolute Gasteiger partial charge is 0.339 e. The van der Waals surface area contributed by atoms with Crippen LogP contribution in [0, 0.1) is 23.2 Å². The zero-order valence-electron chi connectivity index (χ0n) is 23.9. The van der Waals surface area contributed by atoms with Crippen LogP contribution in [-0.4, -0.2) is 38.7 Å². The van der Waals surface area contributed by atoms with Crippen LogP contribution >= 0.6 is 0 Å². The molecule has 6 saturated carbocycles. The molecular formula is C32H37F2N5O3. The minimum atomic E-state index is -2.76. The summed E-state index contributed by atoms with van der Waals surface area (Å²) >= 11 is 0. The van der Waals surface area contributed by atoms with Gasteiger partial charge in [-0.2, -0.15) is 9.97 Å². The first kappa shape index (κ1) is 26.5. The number of nitrogens with zero attached hydrogens (tertiary/aromatic N) is 5. The molecule has 2 aromatic heterocycles. The Morgan fingerprint density at radius 2 is 1.52 bits per heavy atom. The quantitative estimate of drug-likeness (QED) is 0.265. The first-order valence-corrected chi connectivity index (χ1v) is 15.7. The van der Waals surface area contributed by atoms with E-state index in [2.05, 4.69) is 15.3 Å². The predicted octanol–water partition coefficient (Wildman–Crippen LogP) is 6.70. The summed E-state index contributed by atoms with van der Waals surface area (Å²) < 4.78 is 39.1. The maximum Gasteiger partial charge on any atom is 0.257 e. The number of hydrogen-bond acceptors (Lipinski definition) is 7. The van der Waals surface area contributed by atoms with Crippen molar-refractivity contribution >= 4 is 11.6 Å². The topological polar surface area (TPSA) is 98.2 Å². The first-order valence-electron chi connectivity index (χ1n) is 15.7. The predicted molar refractivity (Wildman–Crippen MR) is 149 cm³/mol. The highest BCUT2D eigenvalue weighted by Crippen LogP contribution is 2.58. The number of benzene rings is 1. The Kier molecular flexibility index (Phi) is 6.09. The Balaban J connectivity index is 1.03. The van der Waals surface area contributed by atoms with E-state index in [9.17, 15) is 13.6 Å². The van der Waals surface area contributed by atoms with Gasteiger partial charge in [-0.1, -0.05) is 16.4 Å². The fraction of sp³-hybridized carbons (Fsp3) is 0.656.